The van der Waals surface area contributed by atoms with E-state index in [1.54, 1.807) is 0 Å². The molecule has 1 aromatic heterocycles. The molecule has 2 bridgehead atoms. The zero-order valence-electron chi connectivity index (χ0n) is 12.4. The lowest BCUT2D eigenvalue weighted by atomic mass is 9.74. The van der Waals surface area contributed by atoms with Crippen LogP contribution in [0.2, 0.25) is 0 Å². The molecule has 3 saturated heterocycles. The molecule has 1 aromatic carbocycles. The Morgan fingerprint density at radius 3 is 3.00 bits per heavy atom. The minimum atomic E-state index is 0.700. The van der Waals surface area contributed by atoms with Crippen LogP contribution < -0.4 is 0 Å². The summed E-state index contributed by atoms with van der Waals surface area (Å²) in [5.74, 6) is 1.56. The van der Waals surface area contributed by atoms with Crippen LogP contribution in [0.25, 0.3) is 10.9 Å². The number of fused-ring (bicyclic) bond motifs is 4. The zero-order valence-corrected chi connectivity index (χ0v) is 12.4. The second-order valence-corrected chi connectivity index (χ2v) is 6.52. The van der Waals surface area contributed by atoms with Gasteiger partial charge in [0.05, 0.1) is 5.52 Å². The predicted octanol–water partition coefficient (Wildman–Crippen LogP) is 3.67. The topological polar surface area (TPSA) is 16.1 Å². The van der Waals surface area contributed by atoms with Crippen LogP contribution in [0.3, 0.4) is 0 Å². The quantitative estimate of drug-likeness (QED) is 0.796. The molecule has 2 aromatic rings. The molecule has 4 heterocycles. The number of rotatable bonds is 3. The second kappa shape index (κ2) is 5.27. The lowest BCUT2D eigenvalue weighted by Crippen LogP contribution is -2.53. The van der Waals surface area contributed by atoms with Gasteiger partial charge in [-0.15, -0.1) is 6.58 Å². The maximum atomic E-state index is 4.48. The summed E-state index contributed by atoms with van der Waals surface area (Å²) < 4.78 is 0. The molecule has 21 heavy (non-hydrogen) atoms. The highest BCUT2D eigenvalue weighted by atomic mass is 15.2. The van der Waals surface area contributed by atoms with Gasteiger partial charge in [0, 0.05) is 24.2 Å². The van der Waals surface area contributed by atoms with Crippen molar-refractivity contribution < 1.29 is 0 Å². The Kier molecular flexibility index (Phi) is 3.27. The summed E-state index contributed by atoms with van der Waals surface area (Å²) in [6.45, 7) is 6.49. The number of hydrogen-bond acceptors (Lipinski definition) is 2. The molecule has 0 N–H and O–H groups in total. The van der Waals surface area contributed by atoms with E-state index in [1.807, 2.05) is 6.20 Å². The van der Waals surface area contributed by atoms with Crippen molar-refractivity contribution in [2.75, 3.05) is 13.1 Å². The number of nitrogens with zero attached hydrogens (tertiary/aromatic N) is 2. The van der Waals surface area contributed by atoms with E-state index >= 15 is 0 Å². The molecule has 0 amide bonds. The molecule has 3 aliphatic rings. The summed E-state index contributed by atoms with van der Waals surface area (Å²) in [7, 11) is 0. The smallest absolute Gasteiger partial charge is 0.0704 e. The fourth-order valence-corrected chi connectivity index (χ4v) is 4.25. The van der Waals surface area contributed by atoms with Gasteiger partial charge in [-0.3, -0.25) is 9.88 Å². The van der Waals surface area contributed by atoms with Crippen LogP contribution in [0.15, 0.2) is 49.2 Å². The van der Waals surface area contributed by atoms with Gasteiger partial charge in [0.1, 0.15) is 0 Å². The van der Waals surface area contributed by atoms with Crippen LogP contribution >= 0.6 is 0 Å². The van der Waals surface area contributed by atoms with Crippen molar-refractivity contribution in [3.8, 4) is 0 Å². The van der Waals surface area contributed by atoms with E-state index in [4.69, 9.17) is 0 Å². The molecule has 5 rings (SSSR count). The molecular weight excluding hydrogens is 256 g/mol. The average Bonchev–Trinajstić information content (AvgIpc) is 2.56. The van der Waals surface area contributed by atoms with Gasteiger partial charge in [-0.25, -0.2) is 0 Å². The summed E-state index contributed by atoms with van der Waals surface area (Å²) in [5, 5.41) is 1.32. The lowest BCUT2D eigenvalue weighted by Gasteiger charge is -2.49. The van der Waals surface area contributed by atoms with E-state index in [0.29, 0.717) is 12.0 Å². The summed E-state index contributed by atoms with van der Waals surface area (Å²) >= 11 is 0. The van der Waals surface area contributed by atoms with Crippen molar-refractivity contribution in [3.63, 3.8) is 0 Å². The molecule has 108 valence electrons. The maximum Gasteiger partial charge on any atom is 0.0704 e. The van der Waals surface area contributed by atoms with E-state index in [2.05, 4.69) is 52.9 Å². The first-order valence-electron chi connectivity index (χ1n) is 8.04. The summed E-state index contributed by atoms with van der Waals surface area (Å²) in [4.78, 5) is 7.16. The maximum absolute atomic E-state index is 4.48. The van der Waals surface area contributed by atoms with Gasteiger partial charge in [-0.05, 0) is 55.3 Å². The first kappa shape index (κ1) is 13.0. The molecule has 0 spiro atoms. The second-order valence-electron chi connectivity index (χ2n) is 6.52. The van der Waals surface area contributed by atoms with Crippen LogP contribution in [-0.2, 0) is 6.42 Å². The Bertz CT molecular complexity index is 658. The number of para-hydroxylation sites is 1. The molecule has 4 atom stereocenters. The average molecular weight is 278 g/mol. The fourth-order valence-electron chi connectivity index (χ4n) is 4.25. The number of aromatic nitrogens is 1. The first-order valence-corrected chi connectivity index (χ1v) is 8.04. The minimum absolute atomic E-state index is 0.700. The van der Waals surface area contributed by atoms with E-state index < -0.39 is 0 Å². The van der Waals surface area contributed by atoms with Gasteiger partial charge in [-0.2, -0.15) is 0 Å². The Balaban J connectivity index is 1.60. The standard InChI is InChI=1S/C19H22N2/c1-2-14-13-21-10-8-15(14)11-17(21)12-16-7-9-20-19-6-4-3-5-18(16)19/h2-7,9,14-15,17H,1,8,10-13H2/t14-,15+,17+/m0/s1. The molecule has 3 aliphatic heterocycles. The molecule has 3 fully saturated rings. The number of piperidine rings is 3. The third-order valence-electron chi connectivity index (χ3n) is 5.43. The van der Waals surface area contributed by atoms with Crippen LogP contribution in [0, 0.1) is 11.8 Å². The molecule has 0 saturated carbocycles. The van der Waals surface area contributed by atoms with Crippen molar-refractivity contribution in [1.29, 1.82) is 0 Å². The lowest BCUT2D eigenvalue weighted by molar-refractivity contribution is 0.0196. The number of hydrogen-bond donors (Lipinski definition) is 0. The van der Waals surface area contributed by atoms with Gasteiger partial charge in [-0.1, -0.05) is 24.3 Å². The summed E-state index contributed by atoms with van der Waals surface area (Å²) in [5.41, 5.74) is 2.57. The molecular formula is C19H22N2. The van der Waals surface area contributed by atoms with Crippen molar-refractivity contribution in [2.45, 2.75) is 25.3 Å². The zero-order chi connectivity index (χ0) is 14.2. The Morgan fingerprint density at radius 2 is 2.19 bits per heavy atom. The highest BCUT2D eigenvalue weighted by molar-refractivity contribution is 5.81. The third-order valence-corrected chi connectivity index (χ3v) is 5.43. The highest BCUT2D eigenvalue weighted by Gasteiger charge is 2.38. The Hall–Kier alpha value is -1.67. The van der Waals surface area contributed by atoms with E-state index in [0.717, 1.165) is 17.9 Å². The molecule has 1 unspecified atom stereocenters. The van der Waals surface area contributed by atoms with Crippen molar-refractivity contribution in [3.05, 3.63) is 54.7 Å². The predicted molar refractivity (Wildman–Crippen MR) is 87.2 cm³/mol. The van der Waals surface area contributed by atoms with Crippen molar-refractivity contribution >= 4 is 10.9 Å². The first-order chi connectivity index (χ1) is 10.3. The minimum Gasteiger partial charge on any atom is -0.299 e. The third kappa shape index (κ3) is 2.28. The fraction of sp³-hybridized carbons (Fsp3) is 0.421. The highest BCUT2D eigenvalue weighted by Crippen LogP contribution is 2.38. The van der Waals surface area contributed by atoms with Gasteiger partial charge in [0.2, 0.25) is 0 Å². The summed E-state index contributed by atoms with van der Waals surface area (Å²) in [6.07, 6.45) is 7.97. The van der Waals surface area contributed by atoms with Gasteiger partial charge < -0.3 is 0 Å². The van der Waals surface area contributed by atoms with Gasteiger partial charge in [0.25, 0.3) is 0 Å². The number of pyridine rings is 1. The molecule has 2 heteroatoms. The molecule has 0 radical (unpaired) electrons. The van der Waals surface area contributed by atoms with Crippen LogP contribution in [-0.4, -0.2) is 29.0 Å². The Labute approximate surface area is 126 Å². The monoisotopic (exact) mass is 278 g/mol. The largest absolute Gasteiger partial charge is 0.299 e. The van der Waals surface area contributed by atoms with Gasteiger partial charge >= 0.3 is 0 Å². The van der Waals surface area contributed by atoms with E-state index in [-0.39, 0.29) is 0 Å². The van der Waals surface area contributed by atoms with Crippen molar-refractivity contribution in [2.24, 2.45) is 11.8 Å². The normalized spacial score (nSPS) is 31.4. The van der Waals surface area contributed by atoms with E-state index in [9.17, 15) is 0 Å². The van der Waals surface area contributed by atoms with E-state index in [1.165, 1.54) is 36.9 Å². The molecule has 2 nitrogen and oxygen atoms in total. The summed E-state index contributed by atoms with van der Waals surface area (Å²) in [6, 6.07) is 11.4. The molecule has 0 aliphatic carbocycles. The number of benzene rings is 1. The van der Waals surface area contributed by atoms with Crippen LogP contribution in [0.5, 0.6) is 0 Å². The van der Waals surface area contributed by atoms with Crippen molar-refractivity contribution in [1.82, 2.24) is 9.88 Å². The van der Waals surface area contributed by atoms with Crippen LogP contribution in [0.4, 0.5) is 0 Å². The van der Waals surface area contributed by atoms with Crippen LogP contribution in [0.1, 0.15) is 18.4 Å². The Morgan fingerprint density at radius 1 is 1.29 bits per heavy atom. The SMILES string of the molecule is C=C[C@H]1CN2CC[C@@H]1C[C@@H]2Cc1ccnc2ccccc12. The van der Waals surface area contributed by atoms with Gasteiger partial charge in [0.15, 0.2) is 0 Å².